The first-order chi connectivity index (χ1) is 12.8. The van der Waals surface area contributed by atoms with Gasteiger partial charge in [-0.05, 0) is 57.4 Å². The minimum Gasteiger partial charge on any atom is -0.399 e. The summed E-state index contributed by atoms with van der Waals surface area (Å²) >= 11 is 6.16. The molecule has 2 aromatic rings. The SMILES string of the molecule is CC1(C)OB(c2ccc(N(c3ccccc3Cl)S(C)(=O)=O)c(F)c2)OC1(C)C. The Balaban J connectivity index is 2.03. The van der Waals surface area contributed by atoms with Crippen LogP contribution in [0.15, 0.2) is 42.5 Å². The van der Waals surface area contributed by atoms with Crippen LogP contribution in [-0.4, -0.2) is 33.0 Å². The van der Waals surface area contributed by atoms with Crippen molar-refractivity contribution >= 4 is 45.6 Å². The number of hydrogen-bond donors (Lipinski definition) is 0. The molecule has 3 rings (SSSR count). The predicted octanol–water partition coefficient (Wildman–Crippen LogP) is 3.88. The summed E-state index contributed by atoms with van der Waals surface area (Å²) < 4.78 is 52.6. The molecule has 1 saturated heterocycles. The Morgan fingerprint density at radius 1 is 1.00 bits per heavy atom. The predicted molar refractivity (Wildman–Crippen MR) is 111 cm³/mol. The van der Waals surface area contributed by atoms with Crippen molar-refractivity contribution in [3.05, 3.63) is 53.3 Å². The first kappa shape index (κ1) is 21.1. The lowest BCUT2D eigenvalue weighted by molar-refractivity contribution is 0.00578. The van der Waals surface area contributed by atoms with Crippen LogP contribution in [0.5, 0.6) is 0 Å². The summed E-state index contributed by atoms with van der Waals surface area (Å²) in [6.07, 6.45) is 0.998. The van der Waals surface area contributed by atoms with Crippen LogP contribution in [0, 0.1) is 5.82 Å². The molecule has 0 saturated carbocycles. The van der Waals surface area contributed by atoms with Gasteiger partial charge in [-0.15, -0.1) is 0 Å². The van der Waals surface area contributed by atoms with Gasteiger partial charge >= 0.3 is 7.12 Å². The maximum atomic E-state index is 15.0. The van der Waals surface area contributed by atoms with E-state index in [1.54, 1.807) is 24.3 Å². The normalized spacial score (nSPS) is 18.3. The number of halogens is 2. The molecule has 0 atom stereocenters. The highest BCUT2D eigenvalue weighted by Crippen LogP contribution is 2.38. The highest BCUT2D eigenvalue weighted by Gasteiger charge is 2.51. The van der Waals surface area contributed by atoms with E-state index < -0.39 is 34.2 Å². The number of hydrogen-bond acceptors (Lipinski definition) is 4. The zero-order valence-electron chi connectivity index (χ0n) is 16.4. The Morgan fingerprint density at radius 3 is 2.07 bits per heavy atom. The molecule has 5 nitrogen and oxygen atoms in total. The lowest BCUT2D eigenvalue weighted by Gasteiger charge is -2.32. The van der Waals surface area contributed by atoms with Crippen LogP contribution < -0.4 is 9.77 Å². The van der Waals surface area contributed by atoms with E-state index >= 15 is 4.39 Å². The fraction of sp³-hybridized carbons (Fsp3) is 0.368. The van der Waals surface area contributed by atoms with Crippen LogP contribution >= 0.6 is 11.6 Å². The standard InChI is InChI=1S/C19H22BClFNO4S/c1-18(2)19(3,4)27-20(26-18)13-10-11-17(15(22)12-13)23(28(5,24)25)16-9-7-6-8-14(16)21/h6-12H,1-5H3. The second-order valence-corrected chi connectivity index (χ2v) is 10.0. The average molecular weight is 426 g/mol. The highest BCUT2D eigenvalue weighted by atomic mass is 35.5. The summed E-state index contributed by atoms with van der Waals surface area (Å²) in [6, 6.07) is 10.6. The van der Waals surface area contributed by atoms with E-state index in [0.717, 1.165) is 10.6 Å². The summed E-state index contributed by atoms with van der Waals surface area (Å²) in [5.41, 5.74) is -0.621. The van der Waals surface area contributed by atoms with Crippen LogP contribution in [0.3, 0.4) is 0 Å². The van der Waals surface area contributed by atoms with Crippen LogP contribution in [0.2, 0.25) is 5.02 Å². The van der Waals surface area contributed by atoms with Crippen LogP contribution in [0.1, 0.15) is 27.7 Å². The fourth-order valence-corrected chi connectivity index (χ4v) is 4.21. The van der Waals surface area contributed by atoms with Crippen LogP contribution in [0.25, 0.3) is 0 Å². The molecule has 1 heterocycles. The Kier molecular flexibility index (Phi) is 5.29. The Labute approximate surface area is 170 Å². The third-order valence-corrected chi connectivity index (χ3v) is 6.50. The van der Waals surface area contributed by atoms with E-state index in [9.17, 15) is 8.42 Å². The van der Waals surface area contributed by atoms with Gasteiger partial charge in [0.25, 0.3) is 0 Å². The minimum atomic E-state index is -3.84. The van der Waals surface area contributed by atoms with Crippen molar-refractivity contribution in [3.63, 3.8) is 0 Å². The topological polar surface area (TPSA) is 55.8 Å². The van der Waals surface area contributed by atoms with Crippen molar-refractivity contribution in [1.82, 2.24) is 0 Å². The summed E-state index contributed by atoms with van der Waals surface area (Å²) in [5.74, 6) is -0.724. The maximum Gasteiger partial charge on any atom is 0.494 e. The van der Waals surface area contributed by atoms with Gasteiger partial charge in [0.05, 0.1) is 33.9 Å². The van der Waals surface area contributed by atoms with Gasteiger partial charge in [0, 0.05) is 0 Å². The molecule has 0 spiro atoms. The second kappa shape index (κ2) is 7.02. The van der Waals surface area contributed by atoms with E-state index in [2.05, 4.69) is 0 Å². The molecular weight excluding hydrogens is 404 g/mol. The second-order valence-electron chi connectivity index (χ2n) is 7.78. The van der Waals surface area contributed by atoms with Gasteiger partial charge in [-0.25, -0.2) is 17.1 Å². The third-order valence-electron chi connectivity index (χ3n) is 5.12. The van der Waals surface area contributed by atoms with E-state index in [1.807, 2.05) is 27.7 Å². The van der Waals surface area contributed by atoms with Gasteiger partial charge in [0.1, 0.15) is 5.82 Å². The van der Waals surface area contributed by atoms with Crippen LogP contribution in [0.4, 0.5) is 15.8 Å². The van der Waals surface area contributed by atoms with Crippen molar-refractivity contribution in [2.24, 2.45) is 0 Å². The van der Waals surface area contributed by atoms with Crippen molar-refractivity contribution in [1.29, 1.82) is 0 Å². The highest BCUT2D eigenvalue weighted by molar-refractivity contribution is 7.92. The largest absolute Gasteiger partial charge is 0.494 e. The zero-order valence-corrected chi connectivity index (χ0v) is 17.9. The van der Waals surface area contributed by atoms with E-state index in [1.165, 1.54) is 18.2 Å². The van der Waals surface area contributed by atoms with Crippen molar-refractivity contribution in [2.75, 3.05) is 10.6 Å². The number of benzene rings is 2. The molecule has 1 aliphatic heterocycles. The number of rotatable bonds is 4. The van der Waals surface area contributed by atoms with Crippen LogP contribution in [-0.2, 0) is 19.3 Å². The molecule has 1 fully saturated rings. The quantitative estimate of drug-likeness (QED) is 0.698. The molecule has 0 bridgehead atoms. The molecule has 0 unspecified atom stereocenters. The minimum absolute atomic E-state index is 0.129. The molecule has 0 aromatic heterocycles. The summed E-state index contributed by atoms with van der Waals surface area (Å²) in [5, 5.41) is 0.197. The average Bonchev–Trinajstić information content (AvgIpc) is 2.78. The summed E-state index contributed by atoms with van der Waals surface area (Å²) in [4.78, 5) is 0. The lowest BCUT2D eigenvalue weighted by Crippen LogP contribution is -2.41. The summed E-state index contributed by atoms with van der Waals surface area (Å²) in [7, 11) is -4.59. The third kappa shape index (κ3) is 3.78. The van der Waals surface area contributed by atoms with Crippen molar-refractivity contribution in [3.8, 4) is 0 Å². The van der Waals surface area contributed by atoms with Gasteiger partial charge in [-0.3, -0.25) is 0 Å². The van der Waals surface area contributed by atoms with Gasteiger partial charge < -0.3 is 9.31 Å². The molecule has 28 heavy (non-hydrogen) atoms. The monoisotopic (exact) mass is 425 g/mol. The maximum absolute atomic E-state index is 15.0. The zero-order chi connectivity index (χ0) is 20.9. The van der Waals surface area contributed by atoms with Crippen molar-refractivity contribution < 1.29 is 22.1 Å². The first-order valence-electron chi connectivity index (χ1n) is 8.73. The summed E-state index contributed by atoms with van der Waals surface area (Å²) in [6.45, 7) is 7.61. The number of anilines is 2. The van der Waals surface area contributed by atoms with E-state index in [0.29, 0.717) is 5.46 Å². The molecule has 0 aliphatic carbocycles. The smallest absolute Gasteiger partial charge is 0.399 e. The Bertz CT molecular complexity index is 997. The van der Waals surface area contributed by atoms with Gasteiger partial charge in [0.2, 0.25) is 10.0 Å². The lowest BCUT2D eigenvalue weighted by atomic mass is 9.79. The molecule has 150 valence electrons. The molecule has 0 amide bonds. The van der Waals surface area contributed by atoms with Crippen molar-refractivity contribution in [2.45, 2.75) is 38.9 Å². The Morgan fingerprint density at radius 2 is 1.57 bits per heavy atom. The number of para-hydroxylation sites is 1. The molecule has 0 N–H and O–H groups in total. The Hall–Kier alpha value is -1.61. The fourth-order valence-electron chi connectivity index (χ4n) is 2.92. The van der Waals surface area contributed by atoms with E-state index in [4.69, 9.17) is 20.9 Å². The van der Waals surface area contributed by atoms with Gasteiger partial charge in [-0.2, -0.15) is 0 Å². The molecule has 9 heteroatoms. The molecule has 2 aromatic carbocycles. The van der Waals surface area contributed by atoms with Gasteiger partial charge in [0.15, 0.2) is 0 Å². The number of nitrogens with zero attached hydrogens (tertiary/aromatic N) is 1. The van der Waals surface area contributed by atoms with Gasteiger partial charge in [-0.1, -0.05) is 29.8 Å². The molecule has 0 radical (unpaired) electrons. The molecule has 1 aliphatic rings. The first-order valence-corrected chi connectivity index (χ1v) is 11.0. The van der Waals surface area contributed by atoms with E-state index in [-0.39, 0.29) is 16.4 Å². The molecular formula is C19H22BClFNO4S. The number of sulfonamides is 1.